The summed E-state index contributed by atoms with van der Waals surface area (Å²) in [5.41, 5.74) is 2.22. The monoisotopic (exact) mass is 343 g/mol. The van der Waals surface area contributed by atoms with Crippen LogP contribution in [0.4, 0.5) is 0 Å². The van der Waals surface area contributed by atoms with Crippen molar-refractivity contribution in [2.45, 2.75) is 52.5 Å². The number of carbonyl (C=O) groups excluding carboxylic acids is 1. The van der Waals surface area contributed by atoms with Crippen molar-refractivity contribution < 1.29 is 9.53 Å². The lowest BCUT2D eigenvalue weighted by atomic mass is 10.1. The number of nitrogens with zero attached hydrogens (tertiary/aromatic N) is 2. The second-order valence-corrected chi connectivity index (χ2v) is 7.29. The minimum Gasteiger partial charge on any atom is -0.373 e. The molecule has 136 valence electrons. The van der Waals surface area contributed by atoms with E-state index in [0.29, 0.717) is 19.1 Å². The lowest BCUT2D eigenvalue weighted by Crippen LogP contribution is -2.52. The smallest absolute Gasteiger partial charge is 0.240 e. The molecule has 1 aliphatic heterocycles. The van der Waals surface area contributed by atoms with Crippen molar-refractivity contribution in [1.29, 1.82) is 0 Å². The van der Waals surface area contributed by atoms with Gasteiger partial charge in [-0.3, -0.25) is 9.69 Å². The normalized spacial score (nSPS) is 22.9. The third kappa shape index (κ3) is 4.22. The second kappa shape index (κ2) is 7.58. The summed E-state index contributed by atoms with van der Waals surface area (Å²) in [6, 6.07) is 10.6. The van der Waals surface area contributed by atoms with Crippen LogP contribution < -0.4 is 5.32 Å². The van der Waals surface area contributed by atoms with Gasteiger partial charge in [0.2, 0.25) is 5.91 Å². The van der Waals surface area contributed by atoms with E-state index in [1.807, 2.05) is 19.1 Å². The van der Waals surface area contributed by atoms with Crippen molar-refractivity contribution >= 4 is 16.8 Å². The highest BCUT2D eigenvalue weighted by molar-refractivity contribution is 5.84. The Hall–Kier alpha value is -1.85. The number of benzene rings is 1. The van der Waals surface area contributed by atoms with Gasteiger partial charge < -0.3 is 14.6 Å². The van der Waals surface area contributed by atoms with E-state index < -0.39 is 0 Å². The molecular weight excluding hydrogens is 314 g/mol. The Kier molecular flexibility index (Phi) is 5.45. The number of hydrogen-bond donors (Lipinski definition) is 1. The molecule has 2 heterocycles. The first-order valence-corrected chi connectivity index (χ1v) is 9.15. The first-order chi connectivity index (χ1) is 11.9. The van der Waals surface area contributed by atoms with Crippen molar-refractivity contribution in [3.05, 3.63) is 36.0 Å². The Morgan fingerprint density at radius 1 is 1.28 bits per heavy atom. The van der Waals surface area contributed by atoms with Crippen LogP contribution in [-0.4, -0.2) is 53.3 Å². The lowest BCUT2D eigenvalue weighted by Gasteiger charge is -2.39. The largest absolute Gasteiger partial charge is 0.373 e. The number of fused-ring (bicyclic) bond motifs is 1. The molecule has 25 heavy (non-hydrogen) atoms. The number of rotatable bonds is 5. The van der Waals surface area contributed by atoms with E-state index in [2.05, 4.69) is 53.8 Å². The van der Waals surface area contributed by atoms with Gasteiger partial charge in [0.1, 0.15) is 6.54 Å². The quantitative estimate of drug-likeness (QED) is 0.908. The van der Waals surface area contributed by atoms with E-state index in [9.17, 15) is 4.79 Å². The first kappa shape index (κ1) is 18.0. The van der Waals surface area contributed by atoms with E-state index >= 15 is 0 Å². The van der Waals surface area contributed by atoms with Crippen molar-refractivity contribution in [2.24, 2.45) is 0 Å². The predicted molar refractivity (Wildman–Crippen MR) is 101 cm³/mol. The van der Waals surface area contributed by atoms with Crippen LogP contribution in [0.2, 0.25) is 0 Å². The number of ether oxygens (including phenoxy) is 1. The molecule has 3 unspecified atom stereocenters. The second-order valence-electron chi connectivity index (χ2n) is 7.29. The van der Waals surface area contributed by atoms with Gasteiger partial charge in [-0.2, -0.15) is 0 Å². The highest BCUT2D eigenvalue weighted by Gasteiger charge is 2.25. The Morgan fingerprint density at radius 3 is 2.68 bits per heavy atom. The Bertz CT molecular complexity index is 730. The van der Waals surface area contributed by atoms with Crippen molar-refractivity contribution in [1.82, 2.24) is 14.8 Å². The lowest BCUT2D eigenvalue weighted by molar-refractivity contribution is -0.122. The molecule has 0 spiro atoms. The minimum atomic E-state index is 0.0608. The van der Waals surface area contributed by atoms with Gasteiger partial charge in [-0.05, 0) is 45.2 Å². The van der Waals surface area contributed by atoms with E-state index in [-0.39, 0.29) is 18.1 Å². The predicted octanol–water partition coefficient (Wildman–Crippen LogP) is 2.56. The molecule has 3 rings (SSSR count). The van der Waals surface area contributed by atoms with Crippen LogP contribution in [0.1, 0.15) is 26.5 Å². The van der Waals surface area contributed by atoms with Crippen LogP contribution in [0.5, 0.6) is 0 Å². The standard InChI is InChI=1S/C20H29N3O2/c1-14-9-18-7-5-6-8-19(18)23(14)13-20(24)21-10-15(2)22-11-16(3)25-17(4)12-22/h5-9,15-17H,10-13H2,1-4H3,(H,21,24). The van der Waals surface area contributed by atoms with E-state index in [0.717, 1.165) is 24.3 Å². The summed E-state index contributed by atoms with van der Waals surface area (Å²) in [5.74, 6) is 0.0608. The van der Waals surface area contributed by atoms with Gasteiger partial charge in [0.15, 0.2) is 0 Å². The van der Waals surface area contributed by atoms with Gasteiger partial charge in [-0.1, -0.05) is 18.2 Å². The number of amides is 1. The molecule has 5 nitrogen and oxygen atoms in total. The molecule has 1 aliphatic rings. The molecule has 1 amide bonds. The van der Waals surface area contributed by atoms with Crippen LogP contribution in [0.15, 0.2) is 30.3 Å². The van der Waals surface area contributed by atoms with Gasteiger partial charge in [-0.15, -0.1) is 0 Å². The molecule has 1 fully saturated rings. The van der Waals surface area contributed by atoms with Crippen LogP contribution in [-0.2, 0) is 16.1 Å². The number of hydrogen-bond acceptors (Lipinski definition) is 3. The number of carbonyl (C=O) groups is 1. The van der Waals surface area contributed by atoms with Crippen LogP contribution >= 0.6 is 0 Å². The Labute approximate surface area is 149 Å². The van der Waals surface area contributed by atoms with Crippen LogP contribution in [0.3, 0.4) is 0 Å². The SMILES string of the molecule is Cc1cc2ccccc2n1CC(=O)NCC(C)N1CC(C)OC(C)C1. The summed E-state index contributed by atoms with van der Waals surface area (Å²) < 4.78 is 7.86. The van der Waals surface area contributed by atoms with E-state index in [4.69, 9.17) is 4.74 Å². The maximum absolute atomic E-state index is 12.4. The number of para-hydroxylation sites is 1. The number of morpholine rings is 1. The fourth-order valence-electron chi connectivity index (χ4n) is 3.73. The van der Waals surface area contributed by atoms with E-state index in [1.54, 1.807) is 0 Å². The van der Waals surface area contributed by atoms with Gasteiger partial charge >= 0.3 is 0 Å². The molecule has 0 radical (unpaired) electrons. The summed E-state index contributed by atoms with van der Waals surface area (Å²) in [4.78, 5) is 14.8. The third-order valence-electron chi connectivity index (χ3n) is 4.99. The molecular formula is C20H29N3O2. The molecule has 0 aliphatic carbocycles. The highest BCUT2D eigenvalue weighted by atomic mass is 16.5. The molecule has 0 bridgehead atoms. The Balaban J connectivity index is 1.56. The number of aryl methyl sites for hydroxylation is 1. The first-order valence-electron chi connectivity index (χ1n) is 9.15. The minimum absolute atomic E-state index is 0.0608. The summed E-state index contributed by atoms with van der Waals surface area (Å²) in [6.45, 7) is 11.3. The summed E-state index contributed by atoms with van der Waals surface area (Å²) >= 11 is 0. The topological polar surface area (TPSA) is 46.5 Å². The molecule has 0 saturated carbocycles. The van der Waals surface area contributed by atoms with Gasteiger partial charge in [0.05, 0.1) is 12.2 Å². The molecule has 1 aromatic carbocycles. The number of aromatic nitrogens is 1. The average molecular weight is 343 g/mol. The molecule has 1 saturated heterocycles. The summed E-state index contributed by atoms with van der Waals surface area (Å²) in [5, 5.41) is 4.28. The van der Waals surface area contributed by atoms with Crippen molar-refractivity contribution in [2.75, 3.05) is 19.6 Å². The summed E-state index contributed by atoms with van der Waals surface area (Å²) in [6.07, 6.45) is 0.492. The van der Waals surface area contributed by atoms with Gasteiger partial charge in [-0.25, -0.2) is 0 Å². The fraction of sp³-hybridized carbons (Fsp3) is 0.550. The maximum atomic E-state index is 12.4. The zero-order valence-corrected chi connectivity index (χ0v) is 15.7. The van der Waals surface area contributed by atoms with Crippen molar-refractivity contribution in [3.8, 4) is 0 Å². The molecule has 1 N–H and O–H groups in total. The molecule has 3 atom stereocenters. The third-order valence-corrected chi connectivity index (χ3v) is 4.99. The maximum Gasteiger partial charge on any atom is 0.240 e. The zero-order valence-electron chi connectivity index (χ0n) is 15.7. The van der Waals surface area contributed by atoms with E-state index in [1.165, 1.54) is 5.39 Å². The fourth-order valence-corrected chi connectivity index (χ4v) is 3.73. The van der Waals surface area contributed by atoms with Crippen LogP contribution in [0, 0.1) is 6.92 Å². The molecule has 1 aromatic heterocycles. The average Bonchev–Trinajstić information content (AvgIpc) is 2.87. The van der Waals surface area contributed by atoms with Gasteiger partial charge in [0.25, 0.3) is 0 Å². The Morgan fingerprint density at radius 2 is 1.96 bits per heavy atom. The van der Waals surface area contributed by atoms with Crippen LogP contribution in [0.25, 0.3) is 10.9 Å². The van der Waals surface area contributed by atoms with Crippen molar-refractivity contribution in [3.63, 3.8) is 0 Å². The van der Waals surface area contributed by atoms with Gasteiger partial charge in [0, 0.05) is 36.9 Å². The highest BCUT2D eigenvalue weighted by Crippen LogP contribution is 2.19. The summed E-state index contributed by atoms with van der Waals surface area (Å²) in [7, 11) is 0. The molecule has 2 aromatic rings. The number of nitrogens with one attached hydrogen (secondary N) is 1. The zero-order chi connectivity index (χ0) is 18.0. The molecule has 5 heteroatoms.